The Bertz CT molecular complexity index is 737. The first-order chi connectivity index (χ1) is 13.8. The summed E-state index contributed by atoms with van der Waals surface area (Å²) in [5, 5.41) is 3.53. The van der Waals surface area contributed by atoms with Gasteiger partial charge < -0.3 is 20.9 Å². The Balaban J connectivity index is 1.61. The standard InChI is InChI=1S/C20H34N6O2S/c1-5-26(20(28)22-7-6-8-24(2)3)18(27)14-9-13-10-15-17(29-19(21)23-15)11-16(13)25(4)12-14/h13-14,16H,5-12H2,1-4H3,(H2,21,23)(H,22,28)/t13-,14-,16-/m1/s1. The maximum Gasteiger partial charge on any atom is 0.324 e. The number of likely N-dealkylation sites (tertiary alicyclic amines) is 1. The number of amides is 3. The van der Waals surface area contributed by atoms with Crippen molar-refractivity contribution in [2.45, 2.75) is 38.6 Å². The van der Waals surface area contributed by atoms with Crippen molar-refractivity contribution in [3.8, 4) is 0 Å². The molecule has 0 bridgehead atoms. The van der Waals surface area contributed by atoms with Gasteiger partial charge in [-0.2, -0.15) is 0 Å². The number of nitrogens with two attached hydrogens (primary N) is 1. The molecule has 3 rings (SSSR count). The fourth-order valence-electron chi connectivity index (χ4n) is 4.63. The third-order valence-corrected chi connectivity index (χ3v) is 7.03. The fraction of sp³-hybridized carbons (Fsp3) is 0.750. The number of imide groups is 1. The van der Waals surface area contributed by atoms with E-state index in [9.17, 15) is 9.59 Å². The first-order valence-corrected chi connectivity index (χ1v) is 11.3. The third-order valence-electron chi connectivity index (χ3n) is 6.09. The molecule has 0 saturated carbocycles. The number of nitrogens with one attached hydrogen (secondary N) is 1. The summed E-state index contributed by atoms with van der Waals surface area (Å²) in [6.45, 7) is 4.41. The molecule has 1 fully saturated rings. The van der Waals surface area contributed by atoms with Crippen LogP contribution in [0.1, 0.15) is 30.3 Å². The number of urea groups is 1. The number of anilines is 1. The van der Waals surface area contributed by atoms with E-state index in [1.165, 1.54) is 9.78 Å². The Kier molecular flexibility index (Phi) is 7.13. The van der Waals surface area contributed by atoms with Crippen LogP contribution in [0.4, 0.5) is 9.93 Å². The first-order valence-electron chi connectivity index (χ1n) is 10.5. The summed E-state index contributed by atoms with van der Waals surface area (Å²) in [5.74, 6) is 0.149. The van der Waals surface area contributed by atoms with Gasteiger partial charge in [-0.25, -0.2) is 9.78 Å². The summed E-state index contributed by atoms with van der Waals surface area (Å²) in [6, 6.07) is 0.139. The molecule has 1 aliphatic heterocycles. The number of fused-ring (bicyclic) bond motifs is 2. The minimum Gasteiger partial charge on any atom is -0.375 e. The van der Waals surface area contributed by atoms with Crippen molar-refractivity contribution in [1.82, 2.24) is 25.0 Å². The SMILES string of the molecule is CCN(C(=O)NCCCN(C)C)C(=O)[C@@H]1C[C@@H]2Cc3nc(N)sc3C[C@H]2N(C)C1. The first kappa shape index (κ1) is 22.0. The number of nitrogen functional groups attached to an aromatic ring is 1. The smallest absolute Gasteiger partial charge is 0.324 e. The van der Waals surface area contributed by atoms with Crippen molar-refractivity contribution in [3.05, 3.63) is 10.6 Å². The maximum absolute atomic E-state index is 13.2. The van der Waals surface area contributed by atoms with Crippen LogP contribution in [0.3, 0.4) is 0 Å². The highest BCUT2D eigenvalue weighted by molar-refractivity contribution is 7.15. The average molecular weight is 423 g/mol. The van der Waals surface area contributed by atoms with Crippen LogP contribution in [0.15, 0.2) is 0 Å². The summed E-state index contributed by atoms with van der Waals surface area (Å²) in [4.78, 5) is 37.3. The number of carbonyl (C=O) groups is 2. The van der Waals surface area contributed by atoms with Crippen molar-refractivity contribution in [1.29, 1.82) is 0 Å². The molecule has 1 saturated heterocycles. The van der Waals surface area contributed by atoms with Crippen LogP contribution in [-0.4, -0.2) is 85.0 Å². The number of hydrogen-bond donors (Lipinski definition) is 2. The van der Waals surface area contributed by atoms with Crippen LogP contribution in [0.25, 0.3) is 0 Å². The minimum atomic E-state index is -0.278. The lowest BCUT2D eigenvalue weighted by Crippen LogP contribution is -2.55. The van der Waals surface area contributed by atoms with Crippen LogP contribution in [0, 0.1) is 11.8 Å². The van der Waals surface area contributed by atoms with Crippen LogP contribution in [0.2, 0.25) is 0 Å². The van der Waals surface area contributed by atoms with Gasteiger partial charge in [0, 0.05) is 30.6 Å². The van der Waals surface area contributed by atoms with Gasteiger partial charge in [0.2, 0.25) is 5.91 Å². The zero-order valence-electron chi connectivity index (χ0n) is 18.0. The molecule has 1 aromatic rings. The molecule has 2 aliphatic rings. The minimum absolute atomic E-state index is 0.0634. The molecular formula is C20H34N6O2S. The van der Waals surface area contributed by atoms with E-state index < -0.39 is 0 Å². The summed E-state index contributed by atoms with van der Waals surface area (Å²) < 4.78 is 0. The van der Waals surface area contributed by atoms with Crippen molar-refractivity contribution in [3.63, 3.8) is 0 Å². The molecular weight excluding hydrogens is 388 g/mol. The lowest BCUT2D eigenvalue weighted by Gasteiger charge is -2.45. The van der Waals surface area contributed by atoms with Crippen LogP contribution < -0.4 is 11.1 Å². The number of thiazole rings is 1. The topological polar surface area (TPSA) is 94.8 Å². The van der Waals surface area contributed by atoms with Gasteiger partial charge in [-0.3, -0.25) is 9.69 Å². The molecule has 0 spiro atoms. The molecule has 8 nitrogen and oxygen atoms in total. The second-order valence-corrected chi connectivity index (χ2v) is 9.62. The number of carbonyl (C=O) groups excluding carboxylic acids is 2. The average Bonchev–Trinajstić information content (AvgIpc) is 3.03. The molecule has 0 unspecified atom stereocenters. The highest BCUT2D eigenvalue weighted by atomic mass is 32.1. The van der Waals surface area contributed by atoms with Gasteiger partial charge >= 0.3 is 6.03 Å². The molecule has 0 radical (unpaired) electrons. The number of nitrogens with zero attached hydrogens (tertiary/aromatic N) is 4. The lowest BCUT2D eigenvalue weighted by atomic mass is 9.75. The number of hydrogen-bond acceptors (Lipinski definition) is 7. The molecule has 3 amide bonds. The molecule has 0 aromatic carbocycles. The molecule has 1 aromatic heterocycles. The van der Waals surface area contributed by atoms with E-state index in [1.54, 1.807) is 11.3 Å². The van der Waals surface area contributed by atoms with Gasteiger partial charge in [-0.05, 0) is 66.2 Å². The Labute approximate surface area is 177 Å². The predicted molar refractivity (Wildman–Crippen MR) is 116 cm³/mol. The van der Waals surface area contributed by atoms with Crippen molar-refractivity contribution in [2.24, 2.45) is 11.8 Å². The Morgan fingerprint density at radius 3 is 2.79 bits per heavy atom. The van der Waals surface area contributed by atoms with Gasteiger partial charge in [0.1, 0.15) is 0 Å². The highest BCUT2D eigenvalue weighted by Crippen LogP contribution is 2.39. The summed E-state index contributed by atoms with van der Waals surface area (Å²) in [7, 11) is 6.10. The van der Waals surface area contributed by atoms with E-state index in [2.05, 4.69) is 27.1 Å². The second-order valence-electron chi connectivity index (χ2n) is 8.50. The molecule has 3 N–H and O–H groups in total. The third kappa shape index (κ3) is 5.07. The van der Waals surface area contributed by atoms with Gasteiger partial charge in [-0.1, -0.05) is 0 Å². The van der Waals surface area contributed by atoms with Crippen LogP contribution in [-0.2, 0) is 17.6 Å². The molecule has 1 aliphatic carbocycles. The lowest BCUT2D eigenvalue weighted by molar-refractivity contribution is -0.135. The van der Waals surface area contributed by atoms with Crippen molar-refractivity contribution < 1.29 is 9.59 Å². The number of rotatable bonds is 6. The quantitative estimate of drug-likeness (QED) is 0.671. The largest absolute Gasteiger partial charge is 0.375 e. The Hall–Kier alpha value is -1.71. The maximum atomic E-state index is 13.2. The molecule has 162 valence electrons. The molecule has 2 heterocycles. The van der Waals surface area contributed by atoms with Crippen LogP contribution >= 0.6 is 11.3 Å². The normalized spacial score (nSPS) is 24.1. The van der Waals surface area contributed by atoms with E-state index >= 15 is 0 Å². The summed E-state index contributed by atoms with van der Waals surface area (Å²) >= 11 is 1.59. The van der Waals surface area contributed by atoms with Gasteiger partial charge in [0.05, 0.1) is 11.6 Å². The molecule has 9 heteroatoms. The van der Waals surface area contributed by atoms with Gasteiger partial charge in [0.25, 0.3) is 0 Å². The molecule has 3 atom stereocenters. The monoisotopic (exact) mass is 422 g/mol. The summed E-state index contributed by atoms with van der Waals surface area (Å²) in [6.07, 6.45) is 3.48. The zero-order chi connectivity index (χ0) is 21.1. The van der Waals surface area contributed by atoms with E-state index in [1.807, 2.05) is 21.0 Å². The molecule has 29 heavy (non-hydrogen) atoms. The second kappa shape index (κ2) is 9.40. The van der Waals surface area contributed by atoms with E-state index in [4.69, 9.17) is 5.73 Å². The van der Waals surface area contributed by atoms with Crippen LogP contribution in [0.5, 0.6) is 0 Å². The van der Waals surface area contributed by atoms with Gasteiger partial charge in [-0.15, -0.1) is 11.3 Å². The highest BCUT2D eigenvalue weighted by Gasteiger charge is 2.42. The number of aromatic nitrogens is 1. The van der Waals surface area contributed by atoms with Crippen molar-refractivity contribution >= 4 is 28.4 Å². The van der Waals surface area contributed by atoms with E-state index in [-0.39, 0.29) is 17.9 Å². The zero-order valence-corrected chi connectivity index (χ0v) is 18.8. The van der Waals surface area contributed by atoms with E-state index in [0.29, 0.717) is 36.7 Å². The van der Waals surface area contributed by atoms with Gasteiger partial charge in [0.15, 0.2) is 5.13 Å². The summed E-state index contributed by atoms with van der Waals surface area (Å²) in [5.41, 5.74) is 7.00. The Morgan fingerprint density at radius 2 is 2.10 bits per heavy atom. The Morgan fingerprint density at radius 1 is 1.34 bits per heavy atom. The fourth-order valence-corrected chi connectivity index (χ4v) is 5.54. The number of likely N-dealkylation sites (N-methyl/N-ethyl adjacent to an activating group) is 1. The number of piperidine rings is 1. The van der Waals surface area contributed by atoms with Crippen molar-refractivity contribution in [2.75, 3.05) is 53.1 Å². The predicted octanol–water partition coefficient (Wildman–Crippen LogP) is 1.27. The van der Waals surface area contributed by atoms with E-state index in [0.717, 1.165) is 37.9 Å².